The van der Waals surface area contributed by atoms with Crippen LogP contribution < -0.4 is 4.74 Å². The molecule has 0 atom stereocenters. The summed E-state index contributed by atoms with van der Waals surface area (Å²) in [6.07, 6.45) is 4.54. The number of aryl methyl sites for hydroxylation is 1. The standard InChI is InChI=1S/C33H39N3O3/c1-4-6-20-36(33(38)27-15-11-25(3)12-16-27)24-32(37)35(23-26-13-17-29(18-14-26)39-5-2)21-19-28-22-34-31-10-8-7-9-30(28)31/h7-18,22,34H,4-6,19-21,23-24H2,1-3H3. The summed E-state index contributed by atoms with van der Waals surface area (Å²) in [5.41, 5.74) is 5.00. The van der Waals surface area contributed by atoms with Gasteiger partial charge in [-0.2, -0.15) is 0 Å². The molecular formula is C33H39N3O3. The maximum Gasteiger partial charge on any atom is 0.254 e. The number of hydrogen-bond donors (Lipinski definition) is 1. The van der Waals surface area contributed by atoms with Crippen LogP contribution in [0, 0.1) is 6.92 Å². The largest absolute Gasteiger partial charge is 0.494 e. The van der Waals surface area contributed by atoms with E-state index in [9.17, 15) is 9.59 Å². The van der Waals surface area contributed by atoms with Gasteiger partial charge in [-0.1, -0.05) is 61.4 Å². The molecule has 6 heteroatoms. The zero-order valence-corrected chi connectivity index (χ0v) is 23.3. The van der Waals surface area contributed by atoms with Gasteiger partial charge in [-0.3, -0.25) is 9.59 Å². The molecule has 4 aromatic rings. The van der Waals surface area contributed by atoms with E-state index in [1.54, 1.807) is 4.90 Å². The van der Waals surface area contributed by atoms with Crippen molar-refractivity contribution in [3.8, 4) is 5.75 Å². The van der Waals surface area contributed by atoms with Crippen LogP contribution >= 0.6 is 0 Å². The molecule has 2 amide bonds. The molecule has 0 bridgehead atoms. The van der Waals surface area contributed by atoms with Crippen molar-refractivity contribution in [1.29, 1.82) is 0 Å². The van der Waals surface area contributed by atoms with Crippen molar-refractivity contribution >= 4 is 22.7 Å². The van der Waals surface area contributed by atoms with Crippen LogP contribution in [0.2, 0.25) is 0 Å². The summed E-state index contributed by atoms with van der Waals surface area (Å²) < 4.78 is 5.59. The Bertz CT molecular complexity index is 1360. The minimum atomic E-state index is -0.102. The maximum absolute atomic E-state index is 13.8. The van der Waals surface area contributed by atoms with Crippen LogP contribution in [0.15, 0.2) is 79.0 Å². The van der Waals surface area contributed by atoms with Crippen LogP contribution in [0.5, 0.6) is 5.75 Å². The topological polar surface area (TPSA) is 65.6 Å². The number of carbonyl (C=O) groups excluding carboxylic acids is 2. The number of H-pyrrole nitrogens is 1. The lowest BCUT2D eigenvalue weighted by molar-refractivity contribution is -0.132. The SMILES string of the molecule is CCCCN(CC(=O)N(CCc1c[nH]c2ccccc12)Cc1ccc(OCC)cc1)C(=O)c1ccc(C)cc1. The lowest BCUT2D eigenvalue weighted by atomic mass is 10.1. The first-order valence-electron chi connectivity index (χ1n) is 13.9. The average Bonchev–Trinajstić information content (AvgIpc) is 3.37. The van der Waals surface area contributed by atoms with Gasteiger partial charge in [-0.25, -0.2) is 0 Å². The molecule has 1 N–H and O–H groups in total. The first-order chi connectivity index (χ1) is 19.0. The van der Waals surface area contributed by atoms with Gasteiger partial charge in [-0.15, -0.1) is 0 Å². The number of aromatic nitrogens is 1. The normalized spacial score (nSPS) is 10.9. The number of rotatable bonds is 13. The van der Waals surface area contributed by atoms with E-state index in [-0.39, 0.29) is 18.4 Å². The molecule has 0 spiro atoms. The van der Waals surface area contributed by atoms with Crippen molar-refractivity contribution in [2.45, 2.75) is 46.6 Å². The molecule has 1 heterocycles. The molecular weight excluding hydrogens is 486 g/mol. The van der Waals surface area contributed by atoms with E-state index >= 15 is 0 Å². The number of ether oxygens (including phenoxy) is 1. The fourth-order valence-electron chi connectivity index (χ4n) is 4.71. The molecule has 0 unspecified atom stereocenters. The van der Waals surface area contributed by atoms with Crippen LogP contribution in [0.1, 0.15) is 53.7 Å². The van der Waals surface area contributed by atoms with Gasteiger partial charge in [0.05, 0.1) is 6.61 Å². The van der Waals surface area contributed by atoms with Gasteiger partial charge in [0.25, 0.3) is 5.91 Å². The molecule has 1 aromatic heterocycles. The number of benzene rings is 3. The molecule has 4 rings (SSSR count). The molecule has 204 valence electrons. The Balaban J connectivity index is 1.54. The molecule has 0 fully saturated rings. The van der Waals surface area contributed by atoms with E-state index in [4.69, 9.17) is 4.74 Å². The van der Waals surface area contributed by atoms with Gasteiger partial charge in [0.1, 0.15) is 12.3 Å². The van der Waals surface area contributed by atoms with Gasteiger partial charge in [0.2, 0.25) is 5.91 Å². The molecule has 6 nitrogen and oxygen atoms in total. The van der Waals surface area contributed by atoms with Gasteiger partial charge in [-0.05, 0) is 68.1 Å². The fraction of sp³-hybridized carbons (Fsp3) is 0.333. The zero-order valence-electron chi connectivity index (χ0n) is 23.3. The highest BCUT2D eigenvalue weighted by Crippen LogP contribution is 2.20. The van der Waals surface area contributed by atoms with Crippen LogP contribution in [0.3, 0.4) is 0 Å². The minimum Gasteiger partial charge on any atom is -0.494 e. The lowest BCUT2D eigenvalue weighted by Gasteiger charge is -2.28. The zero-order chi connectivity index (χ0) is 27.6. The lowest BCUT2D eigenvalue weighted by Crippen LogP contribution is -2.43. The number of fused-ring (bicyclic) bond motifs is 1. The predicted molar refractivity (Wildman–Crippen MR) is 157 cm³/mol. The summed E-state index contributed by atoms with van der Waals surface area (Å²) in [6, 6.07) is 23.7. The van der Waals surface area contributed by atoms with Gasteiger partial charge in [0, 0.05) is 42.3 Å². The van der Waals surface area contributed by atoms with E-state index in [1.165, 1.54) is 10.9 Å². The number of hydrogen-bond acceptors (Lipinski definition) is 3. The first kappa shape index (κ1) is 28.0. The summed E-state index contributed by atoms with van der Waals surface area (Å²) in [6.45, 7) is 8.28. The third kappa shape index (κ3) is 7.50. The second-order valence-corrected chi connectivity index (χ2v) is 9.95. The highest BCUT2D eigenvalue weighted by atomic mass is 16.5. The first-order valence-corrected chi connectivity index (χ1v) is 13.9. The van der Waals surface area contributed by atoms with E-state index in [2.05, 4.69) is 24.0 Å². The number of aromatic amines is 1. The van der Waals surface area contributed by atoms with Gasteiger partial charge in [0.15, 0.2) is 0 Å². The molecule has 0 aliphatic carbocycles. The molecule has 0 aliphatic heterocycles. The third-order valence-electron chi connectivity index (χ3n) is 6.98. The number of unbranched alkanes of at least 4 members (excludes halogenated alkanes) is 1. The summed E-state index contributed by atoms with van der Waals surface area (Å²) in [5, 5.41) is 1.17. The maximum atomic E-state index is 13.8. The van der Waals surface area contributed by atoms with Crippen molar-refractivity contribution in [1.82, 2.24) is 14.8 Å². The van der Waals surface area contributed by atoms with Crippen LogP contribution in [-0.4, -0.2) is 52.8 Å². The second kappa shape index (κ2) is 13.7. The van der Waals surface area contributed by atoms with Crippen molar-refractivity contribution in [3.63, 3.8) is 0 Å². The third-order valence-corrected chi connectivity index (χ3v) is 6.98. The minimum absolute atomic E-state index is 0.0532. The number of carbonyl (C=O) groups is 2. The highest BCUT2D eigenvalue weighted by molar-refractivity contribution is 5.96. The fourth-order valence-corrected chi connectivity index (χ4v) is 4.71. The Morgan fingerprint density at radius 1 is 0.872 bits per heavy atom. The second-order valence-electron chi connectivity index (χ2n) is 9.95. The van der Waals surface area contributed by atoms with E-state index in [1.807, 2.05) is 85.6 Å². The van der Waals surface area contributed by atoms with Gasteiger partial charge >= 0.3 is 0 Å². The Morgan fingerprint density at radius 3 is 2.33 bits per heavy atom. The molecule has 0 saturated carbocycles. The summed E-state index contributed by atoms with van der Waals surface area (Å²) in [7, 11) is 0. The Labute approximate surface area is 231 Å². The summed E-state index contributed by atoms with van der Waals surface area (Å²) >= 11 is 0. The quantitative estimate of drug-likeness (QED) is 0.220. The smallest absolute Gasteiger partial charge is 0.254 e. The van der Waals surface area contributed by atoms with E-state index in [0.29, 0.717) is 38.2 Å². The Hall–Kier alpha value is -4.06. The van der Waals surface area contributed by atoms with Crippen LogP contribution in [0.25, 0.3) is 10.9 Å². The summed E-state index contributed by atoms with van der Waals surface area (Å²) in [4.78, 5) is 34.1. The molecule has 3 aromatic carbocycles. The molecule has 0 aliphatic rings. The average molecular weight is 526 g/mol. The predicted octanol–water partition coefficient (Wildman–Crippen LogP) is 6.39. The highest BCUT2D eigenvalue weighted by Gasteiger charge is 2.23. The number of nitrogens with zero attached hydrogens (tertiary/aromatic N) is 2. The van der Waals surface area contributed by atoms with Crippen molar-refractivity contribution < 1.29 is 14.3 Å². The van der Waals surface area contributed by atoms with E-state index < -0.39 is 0 Å². The van der Waals surface area contributed by atoms with Gasteiger partial charge < -0.3 is 19.5 Å². The molecule has 0 saturated heterocycles. The Morgan fingerprint density at radius 2 is 1.62 bits per heavy atom. The number of amides is 2. The van der Waals surface area contributed by atoms with Crippen molar-refractivity contribution in [2.75, 3.05) is 26.2 Å². The van der Waals surface area contributed by atoms with Crippen molar-refractivity contribution in [3.05, 3.63) is 101 Å². The number of para-hydroxylation sites is 1. The van der Waals surface area contributed by atoms with Crippen LogP contribution in [-0.2, 0) is 17.8 Å². The Kier molecular flexibility index (Phi) is 9.79. The summed E-state index contributed by atoms with van der Waals surface area (Å²) in [5.74, 6) is 0.655. The van der Waals surface area contributed by atoms with E-state index in [0.717, 1.165) is 35.2 Å². The monoisotopic (exact) mass is 525 g/mol. The number of nitrogens with one attached hydrogen (secondary N) is 1. The van der Waals surface area contributed by atoms with Crippen molar-refractivity contribution in [2.24, 2.45) is 0 Å². The molecule has 39 heavy (non-hydrogen) atoms. The molecule has 0 radical (unpaired) electrons. The van der Waals surface area contributed by atoms with Crippen LogP contribution in [0.4, 0.5) is 0 Å².